The lowest BCUT2D eigenvalue weighted by molar-refractivity contribution is 0.101. The van der Waals surface area contributed by atoms with Crippen molar-refractivity contribution < 1.29 is 9.90 Å². The molecular weight excluding hydrogens is 236 g/mol. The third-order valence-electron chi connectivity index (χ3n) is 3.56. The predicted octanol–water partition coefficient (Wildman–Crippen LogP) is 3.80. The van der Waals surface area contributed by atoms with Crippen LogP contribution in [0.2, 0.25) is 0 Å². The summed E-state index contributed by atoms with van der Waals surface area (Å²) in [4.78, 5) is 11.7. The lowest BCUT2D eigenvalue weighted by atomic mass is 9.93. The molecule has 0 spiro atoms. The van der Waals surface area contributed by atoms with Gasteiger partial charge in [-0.2, -0.15) is 0 Å². The molecule has 0 saturated carbocycles. The van der Waals surface area contributed by atoms with Gasteiger partial charge in [-0.05, 0) is 49.1 Å². The van der Waals surface area contributed by atoms with E-state index in [1.807, 2.05) is 50.2 Å². The zero-order valence-electron chi connectivity index (χ0n) is 11.5. The van der Waals surface area contributed by atoms with E-state index < -0.39 is 0 Å². The number of phenolic OH excluding ortho intramolecular Hbond substituents is 1. The van der Waals surface area contributed by atoms with Crippen LogP contribution in [-0.2, 0) is 6.42 Å². The van der Waals surface area contributed by atoms with Crippen LogP contribution in [0.1, 0.15) is 39.5 Å². The van der Waals surface area contributed by atoms with E-state index in [4.69, 9.17) is 0 Å². The van der Waals surface area contributed by atoms with Crippen molar-refractivity contribution in [2.75, 3.05) is 0 Å². The predicted molar refractivity (Wildman–Crippen MR) is 76.8 cm³/mol. The van der Waals surface area contributed by atoms with E-state index in [-0.39, 0.29) is 5.78 Å². The van der Waals surface area contributed by atoms with Crippen LogP contribution in [0.4, 0.5) is 0 Å². The maximum atomic E-state index is 11.7. The second-order valence-electron chi connectivity index (χ2n) is 4.90. The first-order valence-corrected chi connectivity index (χ1v) is 6.37. The number of hydrogen-bond donors (Lipinski definition) is 1. The van der Waals surface area contributed by atoms with Gasteiger partial charge in [-0.1, -0.05) is 30.3 Å². The largest absolute Gasteiger partial charge is 0.507 e. The number of Topliss-reactive ketones (excluding diaryl/α,β-unsaturated/α-hetero) is 1. The van der Waals surface area contributed by atoms with Crippen molar-refractivity contribution in [1.29, 1.82) is 0 Å². The molecule has 0 fully saturated rings. The number of ketones is 1. The van der Waals surface area contributed by atoms with E-state index >= 15 is 0 Å². The Morgan fingerprint density at radius 3 is 2.32 bits per heavy atom. The van der Waals surface area contributed by atoms with Gasteiger partial charge in [0.2, 0.25) is 0 Å². The Kier molecular flexibility index (Phi) is 3.70. The summed E-state index contributed by atoms with van der Waals surface area (Å²) >= 11 is 0. The van der Waals surface area contributed by atoms with Crippen LogP contribution >= 0.6 is 0 Å². The molecule has 0 aliphatic rings. The van der Waals surface area contributed by atoms with Gasteiger partial charge in [-0.25, -0.2) is 0 Å². The number of rotatable bonds is 3. The summed E-state index contributed by atoms with van der Waals surface area (Å²) in [7, 11) is 0. The molecule has 2 nitrogen and oxygen atoms in total. The van der Waals surface area contributed by atoms with Crippen LogP contribution in [0.3, 0.4) is 0 Å². The fourth-order valence-electron chi connectivity index (χ4n) is 2.29. The van der Waals surface area contributed by atoms with E-state index in [2.05, 4.69) is 0 Å². The van der Waals surface area contributed by atoms with E-state index in [0.29, 0.717) is 17.7 Å². The van der Waals surface area contributed by atoms with Crippen molar-refractivity contribution in [3.8, 4) is 5.75 Å². The Hall–Kier alpha value is -2.09. The molecule has 19 heavy (non-hydrogen) atoms. The van der Waals surface area contributed by atoms with E-state index in [9.17, 15) is 9.90 Å². The maximum absolute atomic E-state index is 11.7. The molecule has 0 atom stereocenters. The average Bonchev–Trinajstić information content (AvgIpc) is 2.40. The number of benzene rings is 2. The highest BCUT2D eigenvalue weighted by molar-refractivity contribution is 5.96. The van der Waals surface area contributed by atoms with E-state index in [1.54, 1.807) is 6.92 Å². The molecule has 2 aromatic carbocycles. The summed E-state index contributed by atoms with van der Waals surface area (Å²) in [5, 5.41) is 10.2. The number of carbonyl (C=O) groups excluding carboxylic acids is 1. The van der Waals surface area contributed by atoms with Crippen LogP contribution < -0.4 is 0 Å². The van der Waals surface area contributed by atoms with Gasteiger partial charge in [0.05, 0.1) is 0 Å². The normalized spacial score (nSPS) is 10.5. The smallest absolute Gasteiger partial charge is 0.160 e. The molecule has 0 heterocycles. The number of hydrogen-bond acceptors (Lipinski definition) is 2. The van der Waals surface area contributed by atoms with Crippen molar-refractivity contribution in [2.24, 2.45) is 0 Å². The molecule has 0 radical (unpaired) electrons. The van der Waals surface area contributed by atoms with Gasteiger partial charge in [0, 0.05) is 12.0 Å². The van der Waals surface area contributed by atoms with Crippen LogP contribution in [0.25, 0.3) is 0 Å². The zero-order valence-corrected chi connectivity index (χ0v) is 11.5. The fourth-order valence-corrected chi connectivity index (χ4v) is 2.29. The lowest BCUT2D eigenvalue weighted by Gasteiger charge is -2.13. The van der Waals surface area contributed by atoms with Crippen LogP contribution in [0.5, 0.6) is 5.75 Å². The molecule has 0 aliphatic heterocycles. The van der Waals surface area contributed by atoms with Crippen molar-refractivity contribution >= 4 is 5.78 Å². The Labute approximate surface area is 113 Å². The van der Waals surface area contributed by atoms with Crippen molar-refractivity contribution in [3.63, 3.8) is 0 Å². The van der Waals surface area contributed by atoms with Gasteiger partial charge < -0.3 is 5.11 Å². The molecule has 0 unspecified atom stereocenters. The number of phenols is 1. The van der Waals surface area contributed by atoms with Crippen LogP contribution in [-0.4, -0.2) is 10.9 Å². The summed E-state index contributed by atoms with van der Waals surface area (Å²) < 4.78 is 0. The first-order chi connectivity index (χ1) is 9.00. The van der Waals surface area contributed by atoms with Gasteiger partial charge >= 0.3 is 0 Å². The van der Waals surface area contributed by atoms with Gasteiger partial charge in [-0.3, -0.25) is 4.79 Å². The molecule has 2 aromatic rings. The summed E-state index contributed by atoms with van der Waals surface area (Å²) in [6.07, 6.45) is 0.633. The highest BCUT2D eigenvalue weighted by Crippen LogP contribution is 2.30. The first kappa shape index (κ1) is 13.3. The van der Waals surface area contributed by atoms with Gasteiger partial charge in [0.15, 0.2) is 5.78 Å². The summed E-state index contributed by atoms with van der Waals surface area (Å²) in [5.74, 6) is 0.335. The molecule has 2 heteroatoms. The number of aromatic hydroxyl groups is 1. The Morgan fingerprint density at radius 1 is 1.11 bits per heavy atom. The van der Waals surface area contributed by atoms with Crippen LogP contribution in [0.15, 0.2) is 36.4 Å². The second kappa shape index (κ2) is 5.27. The third-order valence-corrected chi connectivity index (χ3v) is 3.56. The molecule has 0 aromatic heterocycles. The van der Waals surface area contributed by atoms with E-state index in [1.165, 1.54) is 0 Å². The van der Waals surface area contributed by atoms with Gasteiger partial charge in [0.1, 0.15) is 5.75 Å². The zero-order chi connectivity index (χ0) is 14.0. The second-order valence-corrected chi connectivity index (χ2v) is 4.90. The summed E-state index contributed by atoms with van der Waals surface area (Å²) in [6, 6.07) is 11.8. The lowest BCUT2D eigenvalue weighted by Crippen LogP contribution is -2.02. The fraction of sp³-hybridized carbons (Fsp3) is 0.235. The van der Waals surface area contributed by atoms with Gasteiger partial charge in [-0.15, -0.1) is 0 Å². The number of carbonyl (C=O) groups is 1. The minimum absolute atomic E-state index is 0.0370. The SMILES string of the molecule is CC(=O)c1cc(Cc2ccccc2)c(O)c(C)c1C. The average molecular weight is 254 g/mol. The molecular formula is C17H18O2. The van der Waals surface area contributed by atoms with Crippen molar-refractivity contribution in [1.82, 2.24) is 0 Å². The molecule has 0 saturated heterocycles. The highest BCUT2D eigenvalue weighted by atomic mass is 16.3. The van der Waals surface area contributed by atoms with Gasteiger partial charge in [0.25, 0.3) is 0 Å². The first-order valence-electron chi connectivity index (χ1n) is 6.37. The highest BCUT2D eigenvalue weighted by Gasteiger charge is 2.14. The Bertz CT molecular complexity index is 613. The molecule has 2 rings (SSSR count). The molecule has 0 aliphatic carbocycles. The quantitative estimate of drug-likeness (QED) is 0.846. The minimum atomic E-state index is 0.0370. The van der Waals surface area contributed by atoms with E-state index in [0.717, 1.165) is 22.3 Å². The third kappa shape index (κ3) is 2.68. The Balaban J connectivity index is 2.49. The molecule has 1 N–H and O–H groups in total. The Morgan fingerprint density at radius 2 is 1.74 bits per heavy atom. The summed E-state index contributed by atoms with van der Waals surface area (Å²) in [5.41, 5.74) is 4.27. The molecule has 98 valence electrons. The summed E-state index contributed by atoms with van der Waals surface area (Å²) in [6.45, 7) is 5.29. The molecule has 0 bridgehead atoms. The van der Waals surface area contributed by atoms with Crippen molar-refractivity contribution in [2.45, 2.75) is 27.2 Å². The monoisotopic (exact) mass is 254 g/mol. The molecule has 0 amide bonds. The standard InChI is InChI=1S/C17H18O2/c1-11-12(2)17(19)15(10-16(11)13(3)18)9-14-7-5-4-6-8-14/h4-8,10,19H,9H2,1-3H3. The minimum Gasteiger partial charge on any atom is -0.507 e. The van der Waals surface area contributed by atoms with Crippen LogP contribution in [0, 0.1) is 13.8 Å². The maximum Gasteiger partial charge on any atom is 0.160 e. The topological polar surface area (TPSA) is 37.3 Å². The van der Waals surface area contributed by atoms with Crippen molar-refractivity contribution in [3.05, 3.63) is 64.2 Å².